The smallest absolute Gasteiger partial charge is 0.252 e. The van der Waals surface area contributed by atoms with E-state index in [1.54, 1.807) is 12.3 Å². The molecule has 0 radical (unpaired) electrons. The molecule has 1 aliphatic rings. The monoisotopic (exact) mass is 413 g/mol. The van der Waals surface area contributed by atoms with Gasteiger partial charge in [0, 0.05) is 11.3 Å². The second-order valence-electron chi connectivity index (χ2n) is 7.85. The van der Waals surface area contributed by atoms with E-state index in [9.17, 15) is 9.90 Å². The predicted octanol–water partition coefficient (Wildman–Crippen LogP) is 3.33. The van der Waals surface area contributed by atoms with E-state index in [0.717, 1.165) is 16.8 Å². The molecule has 7 nitrogen and oxygen atoms in total. The number of hydrogen-bond acceptors (Lipinski definition) is 6. The number of nitrogens with one attached hydrogen (secondary N) is 3. The van der Waals surface area contributed by atoms with E-state index in [2.05, 4.69) is 31.8 Å². The Morgan fingerprint density at radius 2 is 2.00 bits per heavy atom. The van der Waals surface area contributed by atoms with Gasteiger partial charge in [0.15, 0.2) is 0 Å². The minimum absolute atomic E-state index is 0.0800. The lowest BCUT2D eigenvalue weighted by Crippen LogP contribution is -2.32. The first kappa shape index (κ1) is 20.4. The molecule has 2 heterocycles. The lowest BCUT2D eigenvalue weighted by atomic mass is 9.94. The third-order valence-electron chi connectivity index (χ3n) is 5.26. The number of aliphatic hydroxyl groups excluding tert-OH is 1. The second-order valence-corrected chi connectivity index (χ2v) is 7.85. The maximum Gasteiger partial charge on any atom is 0.252 e. The van der Waals surface area contributed by atoms with Crippen LogP contribution < -0.4 is 16.0 Å². The first-order valence-corrected chi connectivity index (χ1v) is 9.91. The zero-order chi connectivity index (χ0) is 22.0. The van der Waals surface area contributed by atoms with E-state index in [-0.39, 0.29) is 18.6 Å². The van der Waals surface area contributed by atoms with E-state index in [1.165, 1.54) is 0 Å². The summed E-state index contributed by atoms with van der Waals surface area (Å²) in [6.45, 7) is 3.79. The van der Waals surface area contributed by atoms with Crippen LogP contribution in [-0.4, -0.2) is 27.6 Å². The molecule has 0 saturated carbocycles. The van der Waals surface area contributed by atoms with Crippen LogP contribution in [0.1, 0.15) is 46.9 Å². The zero-order valence-corrected chi connectivity index (χ0v) is 17.3. The molecule has 1 amide bonds. The summed E-state index contributed by atoms with van der Waals surface area (Å²) in [5.74, 6) is 3.29. The van der Waals surface area contributed by atoms with Gasteiger partial charge in [0.25, 0.3) is 5.91 Å². The number of nitrogens with zero attached hydrogens (tertiary/aromatic N) is 2. The molecule has 0 aliphatic carbocycles. The van der Waals surface area contributed by atoms with E-state index in [0.29, 0.717) is 22.9 Å². The third kappa shape index (κ3) is 4.06. The van der Waals surface area contributed by atoms with Crippen LogP contribution in [0.25, 0.3) is 0 Å². The van der Waals surface area contributed by atoms with Crippen LogP contribution in [0, 0.1) is 12.3 Å². The SMILES string of the molecule is C#Cc1cnc(Nc2ccc3c(c2)C(C)(C)NC3=O)nc1N[C@H](CO)c1ccccc1. The predicted molar refractivity (Wildman–Crippen MR) is 120 cm³/mol. The van der Waals surface area contributed by atoms with Crippen LogP contribution >= 0.6 is 0 Å². The Balaban J connectivity index is 1.61. The van der Waals surface area contributed by atoms with Crippen LogP contribution in [0.4, 0.5) is 17.5 Å². The molecule has 0 fully saturated rings. The van der Waals surface area contributed by atoms with Gasteiger partial charge in [-0.1, -0.05) is 36.3 Å². The fourth-order valence-electron chi connectivity index (χ4n) is 3.63. The number of amides is 1. The van der Waals surface area contributed by atoms with Crippen LogP contribution in [0.3, 0.4) is 0 Å². The van der Waals surface area contributed by atoms with Crippen molar-refractivity contribution in [2.45, 2.75) is 25.4 Å². The van der Waals surface area contributed by atoms with E-state index in [1.807, 2.05) is 56.3 Å². The molecule has 31 heavy (non-hydrogen) atoms. The minimum atomic E-state index is -0.449. The van der Waals surface area contributed by atoms with Crippen molar-refractivity contribution in [2.24, 2.45) is 0 Å². The Hall–Kier alpha value is -3.89. The van der Waals surface area contributed by atoms with Gasteiger partial charge in [-0.3, -0.25) is 4.79 Å². The fraction of sp³-hybridized carbons (Fsp3) is 0.208. The fourth-order valence-corrected chi connectivity index (χ4v) is 3.63. The van der Waals surface area contributed by atoms with Gasteiger partial charge < -0.3 is 21.1 Å². The Labute approximate surface area is 181 Å². The van der Waals surface area contributed by atoms with Crippen molar-refractivity contribution in [3.05, 3.63) is 77.0 Å². The van der Waals surface area contributed by atoms with Crippen molar-refractivity contribution in [2.75, 3.05) is 17.2 Å². The van der Waals surface area contributed by atoms with Gasteiger partial charge in [-0.05, 0) is 43.2 Å². The Kier molecular flexibility index (Phi) is 5.32. The minimum Gasteiger partial charge on any atom is -0.394 e. The molecule has 0 unspecified atom stereocenters. The van der Waals surface area contributed by atoms with Gasteiger partial charge in [0.2, 0.25) is 5.95 Å². The summed E-state index contributed by atoms with van der Waals surface area (Å²) in [6, 6.07) is 14.7. The molecule has 0 saturated heterocycles. The number of fused-ring (bicyclic) bond motifs is 1. The Morgan fingerprint density at radius 1 is 1.23 bits per heavy atom. The van der Waals surface area contributed by atoms with Gasteiger partial charge >= 0.3 is 0 Å². The number of anilines is 3. The molecular weight excluding hydrogens is 390 g/mol. The van der Waals surface area contributed by atoms with E-state index in [4.69, 9.17) is 6.42 Å². The molecule has 4 rings (SSSR count). The highest BCUT2D eigenvalue weighted by Crippen LogP contribution is 2.33. The van der Waals surface area contributed by atoms with E-state index >= 15 is 0 Å². The van der Waals surface area contributed by atoms with Gasteiger partial charge in [-0.2, -0.15) is 4.98 Å². The third-order valence-corrected chi connectivity index (χ3v) is 5.26. The molecule has 1 atom stereocenters. The quantitative estimate of drug-likeness (QED) is 0.463. The van der Waals surface area contributed by atoms with Crippen LogP contribution in [0.5, 0.6) is 0 Å². The van der Waals surface area contributed by atoms with Gasteiger partial charge in [-0.15, -0.1) is 6.42 Å². The molecule has 4 N–H and O–H groups in total. The molecule has 3 aromatic rings. The maximum absolute atomic E-state index is 12.1. The molecule has 2 aromatic carbocycles. The van der Waals surface area contributed by atoms with Crippen molar-refractivity contribution in [3.63, 3.8) is 0 Å². The van der Waals surface area contributed by atoms with Crippen molar-refractivity contribution >= 4 is 23.4 Å². The van der Waals surface area contributed by atoms with Crippen molar-refractivity contribution in [1.82, 2.24) is 15.3 Å². The summed E-state index contributed by atoms with van der Waals surface area (Å²) < 4.78 is 0. The maximum atomic E-state index is 12.1. The topological polar surface area (TPSA) is 99.2 Å². The zero-order valence-electron chi connectivity index (χ0n) is 17.3. The standard InChI is InChI=1S/C24H23N5O2/c1-4-15-13-25-23(28-21(15)27-20(14-30)16-8-6-5-7-9-16)26-17-10-11-18-19(12-17)24(2,3)29-22(18)31/h1,5-13,20,30H,14H2,2-3H3,(H,29,31)(H2,25,26,27,28)/t20-/m1/s1. The van der Waals surface area contributed by atoms with Crippen molar-refractivity contribution in [3.8, 4) is 12.3 Å². The highest BCUT2D eigenvalue weighted by atomic mass is 16.3. The summed E-state index contributed by atoms with van der Waals surface area (Å²) in [4.78, 5) is 20.9. The Bertz CT molecular complexity index is 1170. The Morgan fingerprint density at radius 3 is 2.71 bits per heavy atom. The van der Waals surface area contributed by atoms with Crippen LogP contribution in [-0.2, 0) is 5.54 Å². The molecule has 0 bridgehead atoms. The molecule has 0 spiro atoms. The number of carbonyl (C=O) groups excluding carboxylic acids is 1. The first-order valence-electron chi connectivity index (χ1n) is 9.91. The molecule has 7 heteroatoms. The largest absolute Gasteiger partial charge is 0.394 e. The average Bonchev–Trinajstić information content (AvgIpc) is 3.00. The number of hydrogen-bond donors (Lipinski definition) is 4. The molecule has 1 aromatic heterocycles. The molecule has 1 aliphatic heterocycles. The average molecular weight is 413 g/mol. The van der Waals surface area contributed by atoms with Gasteiger partial charge in [0.1, 0.15) is 5.82 Å². The number of carbonyl (C=O) groups is 1. The van der Waals surface area contributed by atoms with Gasteiger partial charge in [-0.25, -0.2) is 4.98 Å². The summed E-state index contributed by atoms with van der Waals surface area (Å²) in [5.41, 5.74) is 3.28. The highest BCUT2D eigenvalue weighted by Gasteiger charge is 2.34. The first-order chi connectivity index (χ1) is 14.9. The van der Waals surface area contributed by atoms with Crippen molar-refractivity contribution in [1.29, 1.82) is 0 Å². The molecular formula is C24H23N5O2. The summed E-state index contributed by atoms with van der Waals surface area (Å²) in [6.07, 6.45) is 7.18. The van der Waals surface area contributed by atoms with Crippen LogP contribution in [0.2, 0.25) is 0 Å². The number of aliphatic hydroxyl groups is 1. The summed E-state index contributed by atoms with van der Waals surface area (Å²) >= 11 is 0. The second kappa shape index (κ2) is 8.09. The number of aromatic nitrogens is 2. The summed E-state index contributed by atoms with van der Waals surface area (Å²) in [7, 11) is 0. The van der Waals surface area contributed by atoms with Crippen molar-refractivity contribution < 1.29 is 9.90 Å². The van der Waals surface area contributed by atoms with Crippen LogP contribution in [0.15, 0.2) is 54.7 Å². The normalized spacial score (nSPS) is 14.8. The van der Waals surface area contributed by atoms with Gasteiger partial charge in [0.05, 0.1) is 29.9 Å². The lowest BCUT2D eigenvalue weighted by Gasteiger charge is -2.20. The summed E-state index contributed by atoms with van der Waals surface area (Å²) in [5, 5.41) is 19.2. The lowest BCUT2D eigenvalue weighted by molar-refractivity contribution is 0.0940. The number of terminal acetylenes is 1. The number of benzene rings is 2. The molecule has 156 valence electrons. The number of rotatable bonds is 6. The van der Waals surface area contributed by atoms with E-state index < -0.39 is 5.54 Å². The highest BCUT2D eigenvalue weighted by molar-refractivity contribution is 6.00.